The van der Waals surface area contributed by atoms with Gasteiger partial charge in [-0.1, -0.05) is 42.5 Å². The highest BCUT2D eigenvalue weighted by Gasteiger charge is 2.37. The molecule has 1 fully saturated rings. The maximum absolute atomic E-state index is 12.5. The van der Waals surface area contributed by atoms with Crippen molar-refractivity contribution in [3.05, 3.63) is 65.5 Å². The molecule has 31 heavy (non-hydrogen) atoms. The van der Waals surface area contributed by atoms with E-state index in [2.05, 4.69) is 46.1 Å². The number of fused-ring (bicyclic) bond motifs is 1. The Morgan fingerprint density at radius 3 is 2.68 bits per heavy atom. The van der Waals surface area contributed by atoms with Crippen molar-refractivity contribution in [2.75, 3.05) is 6.54 Å². The number of amides is 2. The Kier molecular flexibility index (Phi) is 6.07. The van der Waals surface area contributed by atoms with Gasteiger partial charge in [0.05, 0.1) is 12.2 Å². The highest BCUT2D eigenvalue weighted by Crippen LogP contribution is 2.30. The van der Waals surface area contributed by atoms with Crippen molar-refractivity contribution < 1.29 is 9.59 Å². The number of hydrogen-bond acceptors (Lipinski definition) is 3. The molecule has 1 aromatic heterocycles. The molecule has 1 aliphatic rings. The molecular weight excluding hydrogens is 388 g/mol. The Morgan fingerprint density at radius 1 is 1.16 bits per heavy atom. The van der Waals surface area contributed by atoms with Crippen molar-refractivity contribution in [3.8, 4) is 0 Å². The minimum absolute atomic E-state index is 0.0144. The van der Waals surface area contributed by atoms with Crippen LogP contribution in [-0.4, -0.2) is 33.7 Å². The van der Waals surface area contributed by atoms with E-state index < -0.39 is 0 Å². The van der Waals surface area contributed by atoms with Gasteiger partial charge in [-0.15, -0.1) is 0 Å². The van der Waals surface area contributed by atoms with E-state index in [0.717, 1.165) is 24.2 Å². The molecule has 2 heterocycles. The van der Waals surface area contributed by atoms with Crippen molar-refractivity contribution in [3.63, 3.8) is 0 Å². The molecule has 1 saturated heterocycles. The summed E-state index contributed by atoms with van der Waals surface area (Å²) in [6, 6.07) is 16.8. The molecule has 0 saturated carbocycles. The molecule has 1 atom stereocenters. The van der Waals surface area contributed by atoms with E-state index in [1.165, 1.54) is 16.3 Å². The lowest BCUT2D eigenvalue weighted by atomic mass is 9.84. The lowest BCUT2D eigenvalue weighted by Crippen LogP contribution is -2.44. The fourth-order valence-electron chi connectivity index (χ4n) is 4.57. The standard InChI is InChI=1S/C25H30N4O2/c1-18-15-19(2)29(28-18)14-13-26-23(30)9-11-25(12-10-24(31)27-25)17-20-7-8-21-5-3-4-6-22(21)16-20/h3-8,15-16H,9-14,17H2,1-2H3,(H,26,30)(H,27,31). The molecular formula is C25H30N4O2. The number of benzene rings is 2. The van der Waals surface area contributed by atoms with E-state index in [0.29, 0.717) is 32.4 Å². The quantitative estimate of drug-likeness (QED) is 0.588. The fraction of sp³-hybridized carbons (Fsp3) is 0.400. The van der Waals surface area contributed by atoms with Gasteiger partial charge in [-0.2, -0.15) is 5.10 Å². The summed E-state index contributed by atoms with van der Waals surface area (Å²) in [5.41, 5.74) is 2.91. The Morgan fingerprint density at radius 2 is 1.97 bits per heavy atom. The predicted molar refractivity (Wildman–Crippen MR) is 122 cm³/mol. The van der Waals surface area contributed by atoms with Gasteiger partial charge in [-0.3, -0.25) is 14.3 Å². The van der Waals surface area contributed by atoms with Crippen LogP contribution in [0.15, 0.2) is 48.5 Å². The zero-order chi connectivity index (χ0) is 21.8. The molecule has 162 valence electrons. The molecule has 2 N–H and O–H groups in total. The van der Waals surface area contributed by atoms with E-state index >= 15 is 0 Å². The summed E-state index contributed by atoms with van der Waals surface area (Å²) in [6.45, 7) is 5.18. The third kappa shape index (κ3) is 5.13. The molecule has 1 unspecified atom stereocenters. The Bertz CT molecular complexity index is 1100. The first-order valence-electron chi connectivity index (χ1n) is 11.0. The first-order valence-corrected chi connectivity index (χ1v) is 11.0. The van der Waals surface area contributed by atoms with Crippen molar-refractivity contribution in [2.45, 2.75) is 58.0 Å². The van der Waals surface area contributed by atoms with Crippen LogP contribution in [0.1, 0.15) is 42.6 Å². The first kappa shape index (κ1) is 21.1. The van der Waals surface area contributed by atoms with Crippen LogP contribution in [0.4, 0.5) is 0 Å². The van der Waals surface area contributed by atoms with Gasteiger partial charge in [-0.05, 0) is 55.5 Å². The summed E-state index contributed by atoms with van der Waals surface area (Å²) in [4.78, 5) is 24.5. The van der Waals surface area contributed by atoms with Crippen molar-refractivity contribution in [1.29, 1.82) is 0 Å². The molecule has 6 heteroatoms. The number of nitrogens with zero attached hydrogens (tertiary/aromatic N) is 2. The average molecular weight is 419 g/mol. The summed E-state index contributed by atoms with van der Waals surface area (Å²) >= 11 is 0. The molecule has 2 aromatic carbocycles. The zero-order valence-corrected chi connectivity index (χ0v) is 18.3. The number of hydrogen-bond donors (Lipinski definition) is 2. The van der Waals surface area contributed by atoms with Crippen molar-refractivity contribution in [2.24, 2.45) is 0 Å². The van der Waals surface area contributed by atoms with Gasteiger partial charge in [0.25, 0.3) is 0 Å². The molecule has 3 aromatic rings. The maximum atomic E-state index is 12.5. The van der Waals surface area contributed by atoms with Crippen LogP contribution >= 0.6 is 0 Å². The fourth-order valence-corrected chi connectivity index (χ4v) is 4.57. The smallest absolute Gasteiger partial charge is 0.220 e. The summed E-state index contributed by atoms with van der Waals surface area (Å²) in [5, 5.41) is 13.0. The van der Waals surface area contributed by atoms with Gasteiger partial charge in [0, 0.05) is 30.6 Å². The van der Waals surface area contributed by atoms with Crippen molar-refractivity contribution >= 4 is 22.6 Å². The third-order valence-corrected chi connectivity index (χ3v) is 6.17. The minimum Gasteiger partial charge on any atom is -0.354 e. The molecule has 0 bridgehead atoms. The minimum atomic E-state index is -0.355. The zero-order valence-electron chi connectivity index (χ0n) is 18.3. The summed E-state index contributed by atoms with van der Waals surface area (Å²) in [5.74, 6) is 0.0892. The van der Waals surface area contributed by atoms with Gasteiger partial charge in [0.15, 0.2) is 0 Å². The number of carbonyl (C=O) groups is 2. The second-order valence-electron chi connectivity index (χ2n) is 8.69. The molecule has 4 rings (SSSR count). The number of carbonyl (C=O) groups excluding carboxylic acids is 2. The van der Waals surface area contributed by atoms with Crippen LogP contribution in [0.3, 0.4) is 0 Å². The van der Waals surface area contributed by atoms with Crippen LogP contribution in [0, 0.1) is 13.8 Å². The van der Waals surface area contributed by atoms with E-state index in [9.17, 15) is 9.59 Å². The highest BCUT2D eigenvalue weighted by atomic mass is 16.2. The van der Waals surface area contributed by atoms with E-state index in [1.807, 2.05) is 36.7 Å². The van der Waals surface area contributed by atoms with Crippen LogP contribution in [0.2, 0.25) is 0 Å². The number of nitrogens with one attached hydrogen (secondary N) is 2. The SMILES string of the molecule is Cc1cc(C)n(CCNC(=O)CCC2(Cc3ccc4ccccc4c3)CCC(=O)N2)n1. The Balaban J connectivity index is 1.35. The number of aromatic nitrogens is 2. The van der Waals surface area contributed by atoms with Crippen LogP contribution < -0.4 is 10.6 Å². The predicted octanol–water partition coefficient (Wildman–Crippen LogP) is 3.44. The van der Waals surface area contributed by atoms with E-state index in [4.69, 9.17) is 0 Å². The molecule has 0 spiro atoms. The topological polar surface area (TPSA) is 76.0 Å². The van der Waals surface area contributed by atoms with Gasteiger partial charge in [0.1, 0.15) is 0 Å². The Hall–Kier alpha value is -3.15. The summed E-state index contributed by atoms with van der Waals surface area (Å²) in [7, 11) is 0. The monoisotopic (exact) mass is 418 g/mol. The number of rotatable bonds is 8. The van der Waals surface area contributed by atoms with Gasteiger partial charge in [0.2, 0.25) is 11.8 Å². The summed E-state index contributed by atoms with van der Waals surface area (Å²) < 4.78 is 1.91. The average Bonchev–Trinajstić information content (AvgIpc) is 3.27. The number of aryl methyl sites for hydroxylation is 2. The lowest BCUT2D eigenvalue weighted by Gasteiger charge is -2.29. The highest BCUT2D eigenvalue weighted by molar-refractivity contribution is 5.83. The third-order valence-electron chi connectivity index (χ3n) is 6.17. The lowest BCUT2D eigenvalue weighted by molar-refractivity contribution is -0.122. The van der Waals surface area contributed by atoms with Crippen LogP contribution in [0.5, 0.6) is 0 Å². The van der Waals surface area contributed by atoms with E-state index in [1.54, 1.807) is 0 Å². The van der Waals surface area contributed by atoms with Crippen LogP contribution in [0.25, 0.3) is 10.8 Å². The normalized spacial score (nSPS) is 18.3. The first-order chi connectivity index (χ1) is 14.9. The molecule has 0 radical (unpaired) electrons. The Labute approximate surface area is 183 Å². The molecule has 6 nitrogen and oxygen atoms in total. The van der Waals surface area contributed by atoms with Gasteiger partial charge in [-0.25, -0.2) is 0 Å². The largest absolute Gasteiger partial charge is 0.354 e. The molecule has 1 aliphatic heterocycles. The molecule has 0 aliphatic carbocycles. The van der Waals surface area contributed by atoms with E-state index in [-0.39, 0.29) is 17.4 Å². The molecule has 2 amide bonds. The van der Waals surface area contributed by atoms with Gasteiger partial charge < -0.3 is 10.6 Å². The van der Waals surface area contributed by atoms with Crippen LogP contribution in [-0.2, 0) is 22.6 Å². The second-order valence-corrected chi connectivity index (χ2v) is 8.69. The summed E-state index contributed by atoms with van der Waals surface area (Å²) in [6.07, 6.45) is 3.05. The van der Waals surface area contributed by atoms with Gasteiger partial charge >= 0.3 is 0 Å². The van der Waals surface area contributed by atoms with Crippen molar-refractivity contribution in [1.82, 2.24) is 20.4 Å². The second kappa shape index (κ2) is 8.92. The maximum Gasteiger partial charge on any atom is 0.220 e.